The van der Waals surface area contributed by atoms with Crippen LogP contribution in [-0.4, -0.2) is 16.1 Å². The minimum Gasteiger partial charge on any atom is -0.550 e. The smallest absolute Gasteiger partial charge is 0.550 e. The van der Waals surface area contributed by atoms with Crippen LogP contribution in [0.25, 0.3) is 0 Å². The maximum Gasteiger partial charge on any atom is 2.00 e. The van der Waals surface area contributed by atoms with Crippen LogP contribution in [-0.2, 0) is 4.79 Å². The molecule has 0 aromatic rings. The zero-order chi connectivity index (χ0) is 3.58. The van der Waals surface area contributed by atoms with Gasteiger partial charge in [-0.1, -0.05) is 0 Å². The molecule has 0 amide bonds. The van der Waals surface area contributed by atoms with Crippen molar-refractivity contribution in [1.82, 2.24) is 0 Å². The van der Waals surface area contributed by atoms with Crippen molar-refractivity contribution in [3.8, 4) is 0 Å². The molecule has 0 rings (SSSR count). The van der Waals surface area contributed by atoms with Gasteiger partial charge < -0.3 is 9.90 Å². The van der Waals surface area contributed by atoms with E-state index in [1.54, 1.807) is 0 Å². The molecule has 0 aromatic heterocycles. The first-order valence-electron chi connectivity index (χ1n) is 0.908. The van der Waals surface area contributed by atoms with E-state index in [1.807, 2.05) is 0 Å². The van der Waals surface area contributed by atoms with Crippen LogP contribution in [0.4, 0.5) is 0 Å². The molecule has 0 aliphatic carbocycles. The normalized spacial score (nSPS) is 5.00. The number of carbonyl (C=O) groups is 1. The van der Waals surface area contributed by atoms with Gasteiger partial charge in [0.15, 0.2) is 0 Å². The summed E-state index contributed by atoms with van der Waals surface area (Å²) in [5.74, 6) is -1.08. The second-order valence-corrected chi connectivity index (χ2v) is 0.492. The van der Waals surface area contributed by atoms with Crippen LogP contribution in [0.5, 0.6) is 0 Å². The van der Waals surface area contributed by atoms with Crippen molar-refractivity contribution in [3.63, 3.8) is 0 Å². The molecular formula is C2H3BeO2+. The molecule has 0 atom stereocenters. The number of hydrogen-bond donors (Lipinski definition) is 0. The van der Waals surface area contributed by atoms with Crippen LogP contribution in [0.2, 0.25) is 0 Å². The van der Waals surface area contributed by atoms with Gasteiger partial charge in [0.25, 0.3) is 0 Å². The van der Waals surface area contributed by atoms with E-state index in [9.17, 15) is 0 Å². The van der Waals surface area contributed by atoms with Gasteiger partial charge in [-0.05, 0) is 6.92 Å². The van der Waals surface area contributed by atoms with E-state index in [4.69, 9.17) is 9.90 Å². The van der Waals surface area contributed by atoms with E-state index in [1.165, 1.54) is 0 Å². The Bertz CT molecular complexity index is 30.6. The number of carboxylic acid groups (broad SMARTS) is 1. The average Bonchev–Trinajstić information content (AvgIpc) is 0.811. The Morgan fingerprint density at radius 3 is 1.80 bits per heavy atom. The van der Waals surface area contributed by atoms with E-state index in [0.717, 1.165) is 6.92 Å². The predicted molar refractivity (Wildman–Crippen MR) is 16.4 cm³/mol. The number of rotatable bonds is 0. The summed E-state index contributed by atoms with van der Waals surface area (Å²) in [5, 5.41) is 8.89. The summed E-state index contributed by atoms with van der Waals surface area (Å²) in [6.07, 6.45) is 0. The molecule has 24 valence electrons. The van der Waals surface area contributed by atoms with Crippen molar-refractivity contribution in [3.05, 3.63) is 0 Å². The largest absolute Gasteiger partial charge is 2.00 e. The second kappa shape index (κ2) is 3.64. The molecule has 0 spiro atoms. The molecule has 0 aliphatic rings. The summed E-state index contributed by atoms with van der Waals surface area (Å²) in [4.78, 5) is 8.89. The summed E-state index contributed by atoms with van der Waals surface area (Å²) in [5.41, 5.74) is 0. The summed E-state index contributed by atoms with van der Waals surface area (Å²) in [6.45, 7) is 0.972. The van der Waals surface area contributed by atoms with Crippen molar-refractivity contribution in [2.24, 2.45) is 0 Å². The second-order valence-electron chi connectivity index (χ2n) is 0.492. The van der Waals surface area contributed by atoms with Gasteiger partial charge in [0.05, 0.1) is 0 Å². The maximum absolute atomic E-state index is 8.89. The fraction of sp³-hybridized carbons (Fsp3) is 0.500. The molecule has 0 unspecified atom stereocenters. The van der Waals surface area contributed by atoms with Gasteiger partial charge in [-0.2, -0.15) is 0 Å². The first kappa shape index (κ1) is 8.82. The molecule has 2 nitrogen and oxygen atoms in total. The molecule has 5 heavy (non-hydrogen) atoms. The van der Waals surface area contributed by atoms with E-state index >= 15 is 0 Å². The minimum atomic E-state index is -1.08. The van der Waals surface area contributed by atoms with E-state index in [-0.39, 0.29) is 10.1 Å². The molecule has 3 heteroatoms. The molecule has 0 aromatic carbocycles. The molecule has 0 saturated heterocycles. The van der Waals surface area contributed by atoms with Gasteiger partial charge in [-0.3, -0.25) is 0 Å². The molecule has 0 aliphatic heterocycles. The molecule has 0 radical (unpaired) electrons. The van der Waals surface area contributed by atoms with Crippen LogP contribution in [0.3, 0.4) is 0 Å². The molecule has 0 fully saturated rings. The Morgan fingerprint density at radius 1 is 1.80 bits per heavy atom. The standard InChI is InChI=1S/C2H4O2.Be/c1-2(3)4;/h1H3,(H,3,4);/q;+2/p-1. The van der Waals surface area contributed by atoms with Crippen LogP contribution in [0, 0.1) is 0 Å². The van der Waals surface area contributed by atoms with Crippen molar-refractivity contribution >= 4 is 16.1 Å². The molecule has 0 N–H and O–H groups in total. The Labute approximate surface area is 34.0 Å². The monoisotopic (exact) mass is 68.0 g/mol. The Hall–Kier alpha value is -0.361. The Morgan fingerprint density at radius 2 is 1.80 bits per heavy atom. The van der Waals surface area contributed by atoms with E-state index < -0.39 is 5.97 Å². The number of hydrogen-bond acceptors (Lipinski definition) is 2. The van der Waals surface area contributed by atoms with Gasteiger partial charge in [-0.15, -0.1) is 0 Å². The Kier molecular flexibility index (Phi) is 6.42. The van der Waals surface area contributed by atoms with Crippen LogP contribution in [0.1, 0.15) is 6.92 Å². The first-order valence-corrected chi connectivity index (χ1v) is 0.908. The Balaban J connectivity index is 0. The third-order valence-corrected chi connectivity index (χ3v) is 0. The van der Waals surface area contributed by atoms with Gasteiger partial charge in [0.1, 0.15) is 0 Å². The third-order valence-electron chi connectivity index (χ3n) is 0. The van der Waals surface area contributed by atoms with Crippen molar-refractivity contribution in [1.29, 1.82) is 0 Å². The SMILES string of the molecule is CC(=O)[O-].[Be+2]. The van der Waals surface area contributed by atoms with Crippen LogP contribution >= 0.6 is 0 Å². The fourth-order valence-electron chi connectivity index (χ4n) is 0. The summed E-state index contributed by atoms with van der Waals surface area (Å²) < 4.78 is 0. The van der Waals surface area contributed by atoms with Crippen LogP contribution < -0.4 is 5.11 Å². The molecular weight excluding hydrogens is 65.0 g/mol. The quantitative estimate of drug-likeness (QED) is 0.320. The summed E-state index contributed by atoms with van der Waals surface area (Å²) in [6, 6.07) is 0. The third kappa shape index (κ3) is 74.9. The summed E-state index contributed by atoms with van der Waals surface area (Å²) in [7, 11) is 0. The summed E-state index contributed by atoms with van der Waals surface area (Å²) >= 11 is 0. The number of carboxylic acids is 1. The number of aliphatic carboxylic acids is 1. The van der Waals surface area contributed by atoms with Gasteiger partial charge >= 0.3 is 10.1 Å². The topological polar surface area (TPSA) is 40.1 Å². The van der Waals surface area contributed by atoms with E-state index in [2.05, 4.69) is 0 Å². The molecule has 0 bridgehead atoms. The van der Waals surface area contributed by atoms with Crippen molar-refractivity contribution < 1.29 is 9.90 Å². The van der Waals surface area contributed by atoms with Gasteiger partial charge in [-0.25, -0.2) is 0 Å². The van der Waals surface area contributed by atoms with Crippen molar-refractivity contribution in [2.45, 2.75) is 6.92 Å². The maximum atomic E-state index is 8.89. The number of carbonyl (C=O) groups excluding carboxylic acids is 1. The zero-order valence-electron chi connectivity index (χ0n) is 3.02. The van der Waals surface area contributed by atoms with Crippen LogP contribution in [0.15, 0.2) is 0 Å². The van der Waals surface area contributed by atoms with E-state index in [0.29, 0.717) is 0 Å². The first-order chi connectivity index (χ1) is 1.73. The van der Waals surface area contributed by atoms with Gasteiger partial charge in [0.2, 0.25) is 0 Å². The van der Waals surface area contributed by atoms with Crippen molar-refractivity contribution in [2.75, 3.05) is 0 Å². The van der Waals surface area contributed by atoms with Gasteiger partial charge in [0, 0.05) is 5.97 Å². The zero-order valence-corrected chi connectivity index (χ0v) is 3.02. The average molecular weight is 68.1 g/mol. The minimum absolute atomic E-state index is 0. The molecule has 0 heterocycles. The predicted octanol–water partition coefficient (Wildman–Crippen LogP) is -1.62. The fourth-order valence-corrected chi connectivity index (χ4v) is 0. The molecule has 0 saturated carbocycles.